The van der Waals surface area contributed by atoms with Crippen molar-refractivity contribution >= 4 is 17.3 Å². The van der Waals surface area contributed by atoms with E-state index in [0.29, 0.717) is 10.7 Å². The second-order valence-corrected chi connectivity index (χ2v) is 3.97. The Bertz CT molecular complexity index is 503. The SMILES string of the molecule is Cc1[nH]nc(-c2cc(N)ccc2Cl)c1C. The highest BCUT2D eigenvalue weighted by atomic mass is 35.5. The average molecular weight is 222 g/mol. The van der Waals surface area contributed by atoms with Gasteiger partial charge in [0.05, 0.1) is 10.7 Å². The largest absolute Gasteiger partial charge is 0.399 e. The molecule has 0 atom stereocenters. The van der Waals surface area contributed by atoms with Crippen molar-refractivity contribution in [2.45, 2.75) is 13.8 Å². The minimum absolute atomic E-state index is 0.666. The first-order valence-corrected chi connectivity index (χ1v) is 5.04. The number of H-pyrrole nitrogens is 1. The standard InChI is InChI=1S/C11H12ClN3/c1-6-7(2)14-15-11(6)9-5-8(13)3-4-10(9)12/h3-5H,13H2,1-2H3,(H,14,15). The summed E-state index contributed by atoms with van der Waals surface area (Å²) in [7, 11) is 0. The molecule has 0 amide bonds. The van der Waals surface area contributed by atoms with Gasteiger partial charge in [0, 0.05) is 16.9 Å². The predicted molar refractivity (Wildman–Crippen MR) is 62.9 cm³/mol. The number of aromatic nitrogens is 2. The van der Waals surface area contributed by atoms with Gasteiger partial charge >= 0.3 is 0 Å². The van der Waals surface area contributed by atoms with Crippen LogP contribution in [0.4, 0.5) is 5.69 Å². The number of rotatable bonds is 1. The van der Waals surface area contributed by atoms with Gasteiger partial charge in [-0.2, -0.15) is 5.10 Å². The van der Waals surface area contributed by atoms with Crippen LogP contribution in [0.5, 0.6) is 0 Å². The first-order chi connectivity index (χ1) is 7.09. The number of nitrogen functional groups attached to an aromatic ring is 1. The molecule has 0 aliphatic carbocycles. The third-order valence-electron chi connectivity index (χ3n) is 2.50. The lowest BCUT2D eigenvalue weighted by Crippen LogP contribution is -1.88. The molecule has 1 aromatic carbocycles. The van der Waals surface area contributed by atoms with E-state index in [2.05, 4.69) is 10.2 Å². The van der Waals surface area contributed by atoms with Gasteiger partial charge in [-0.15, -0.1) is 0 Å². The molecule has 0 saturated heterocycles. The summed E-state index contributed by atoms with van der Waals surface area (Å²) in [6.45, 7) is 3.99. The first-order valence-electron chi connectivity index (χ1n) is 4.66. The van der Waals surface area contributed by atoms with Gasteiger partial charge in [0.25, 0.3) is 0 Å². The molecule has 2 aromatic rings. The summed E-state index contributed by atoms with van der Waals surface area (Å²) < 4.78 is 0. The maximum Gasteiger partial charge on any atom is 0.0968 e. The topological polar surface area (TPSA) is 54.7 Å². The molecular formula is C11H12ClN3. The van der Waals surface area contributed by atoms with Gasteiger partial charge in [-0.3, -0.25) is 5.10 Å². The lowest BCUT2D eigenvalue weighted by molar-refractivity contribution is 1.05. The molecule has 0 spiro atoms. The molecular weight excluding hydrogens is 210 g/mol. The molecule has 0 bridgehead atoms. The van der Waals surface area contributed by atoms with Crippen molar-refractivity contribution in [3.63, 3.8) is 0 Å². The number of aryl methyl sites for hydroxylation is 1. The van der Waals surface area contributed by atoms with E-state index in [1.54, 1.807) is 12.1 Å². The molecule has 0 fully saturated rings. The van der Waals surface area contributed by atoms with Crippen LogP contribution < -0.4 is 5.73 Å². The van der Waals surface area contributed by atoms with Crippen molar-refractivity contribution in [1.82, 2.24) is 10.2 Å². The molecule has 15 heavy (non-hydrogen) atoms. The summed E-state index contributed by atoms with van der Waals surface area (Å²) in [6.07, 6.45) is 0. The van der Waals surface area contributed by atoms with Crippen LogP contribution in [0.25, 0.3) is 11.3 Å². The van der Waals surface area contributed by atoms with Crippen LogP contribution in [-0.4, -0.2) is 10.2 Å². The molecule has 0 aliphatic heterocycles. The minimum atomic E-state index is 0.666. The van der Waals surface area contributed by atoms with Gasteiger partial charge in [-0.1, -0.05) is 11.6 Å². The van der Waals surface area contributed by atoms with Crippen LogP contribution >= 0.6 is 11.6 Å². The number of hydrogen-bond donors (Lipinski definition) is 2. The summed E-state index contributed by atoms with van der Waals surface area (Å²) in [4.78, 5) is 0. The summed E-state index contributed by atoms with van der Waals surface area (Å²) in [6, 6.07) is 5.40. The van der Waals surface area contributed by atoms with Crippen LogP contribution in [0.1, 0.15) is 11.3 Å². The van der Waals surface area contributed by atoms with Crippen molar-refractivity contribution in [3.8, 4) is 11.3 Å². The van der Waals surface area contributed by atoms with Crippen LogP contribution in [0.2, 0.25) is 5.02 Å². The fraction of sp³-hybridized carbons (Fsp3) is 0.182. The molecule has 0 saturated carbocycles. The van der Waals surface area contributed by atoms with Crippen LogP contribution in [0.3, 0.4) is 0 Å². The zero-order valence-electron chi connectivity index (χ0n) is 8.63. The third kappa shape index (κ3) is 1.70. The fourth-order valence-electron chi connectivity index (χ4n) is 1.47. The van der Waals surface area contributed by atoms with Gasteiger partial charge in [0.2, 0.25) is 0 Å². The quantitative estimate of drug-likeness (QED) is 0.728. The molecule has 2 rings (SSSR count). The minimum Gasteiger partial charge on any atom is -0.399 e. The number of anilines is 1. The van der Waals surface area contributed by atoms with Gasteiger partial charge in [-0.05, 0) is 37.6 Å². The van der Waals surface area contributed by atoms with Crippen molar-refractivity contribution < 1.29 is 0 Å². The van der Waals surface area contributed by atoms with E-state index in [1.807, 2.05) is 19.9 Å². The summed E-state index contributed by atoms with van der Waals surface area (Å²) in [5, 5.41) is 7.82. The molecule has 1 aromatic heterocycles. The van der Waals surface area contributed by atoms with Crippen molar-refractivity contribution in [2.24, 2.45) is 0 Å². The summed E-state index contributed by atoms with van der Waals surface area (Å²) >= 11 is 6.10. The summed E-state index contributed by atoms with van der Waals surface area (Å²) in [5.74, 6) is 0. The second kappa shape index (κ2) is 3.59. The van der Waals surface area contributed by atoms with Gasteiger partial charge in [0.15, 0.2) is 0 Å². The van der Waals surface area contributed by atoms with E-state index in [4.69, 9.17) is 17.3 Å². The molecule has 0 radical (unpaired) electrons. The molecule has 4 heteroatoms. The Hall–Kier alpha value is -1.48. The first kappa shape index (κ1) is 10.1. The third-order valence-corrected chi connectivity index (χ3v) is 2.83. The zero-order valence-corrected chi connectivity index (χ0v) is 9.39. The molecule has 1 heterocycles. The Morgan fingerprint density at radius 3 is 2.67 bits per heavy atom. The van der Waals surface area contributed by atoms with Gasteiger partial charge < -0.3 is 5.73 Å². The van der Waals surface area contributed by atoms with Crippen molar-refractivity contribution in [2.75, 3.05) is 5.73 Å². The normalized spacial score (nSPS) is 10.6. The number of nitrogens with zero attached hydrogens (tertiary/aromatic N) is 1. The maximum absolute atomic E-state index is 6.10. The second-order valence-electron chi connectivity index (χ2n) is 3.56. The Morgan fingerprint density at radius 1 is 1.33 bits per heavy atom. The number of hydrogen-bond acceptors (Lipinski definition) is 2. The molecule has 3 nitrogen and oxygen atoms in total. The highest BCUT2D eigenvalue weighted by Gasteiger charge is 2.11. The highest BCUT2D eigenvalue weighted by Crippen LogP contribution is 2.31. The predicted octanol–water partition coefficient (Wildman–Crippen LogP) is 2.93. The van der Waals surface area contributed by atoms with Crippen LogP contribution in [0, 0.1) is 13.8 Å². The number of halogens is 1. The molecule has 3 N–H and O–H groups in total. The number of aromatic amines is 1. The number of benzene rings is 1. The Kier molecular flexibility index (Phi) is 2.40. The van der Waals surface area contributed by atoms with E-state index in [-0.39, 0.29) is 0 Å². The Morgan fingerprint density at radius 2 is 2.07 bits per heavy atom. The van der Waals surface area contributed by atoms with E-state index in [0.717, 1.165) is 22.5 Å². The molecule has 78 valence electrons. The molecule has 0 unspecified atom stereocenters. The monoisotopic (exact) mass is 221 g/mol. The Labute approximate surface area is 93.3 Å². The van der Waals surface area contributed by atoms with E-state index in [9.17, 15) is 0 Å². The lowest BCUT2D eigenvalue weighted by Gasteiger charge is -2.03. The van der Waals surface area contributed by atoms with Crippen LogP contribution in [0.15, 0.2) is 18.2 Å². The van der Waals surface area contributed by atoms with Gasteiger partial charge in [-0.25, -0.2) is 0 Å². The number of nitrogens with one attached hydrogen (secondary N) is 1. The van der Waals surface area contributed by atoms with E-state index >= 15 is 0 Å². The van der Waals surface area contributed by atoms with E-state index in [1.165, 1.54) is 0 Å². The highest BCUT2D eigenvalue weighted by molar-refractivity contribution is 6.33. The van der Waals surface area contributed by atoms with Gasteiger partial charge in [0.1, 0.15) is 0 Å². The number of nitrogens with two attached hydrogens (primary N) is 1. The Balaban J connectivity index is 2.63. The van der Waals surface area contributed by atoms with E-state index < -0.39 is 0 Å². The average Bonchev–Trinajstić information content (AvgIpc) is 2.52. The maximum atomic E-state index is 6.10. The summed E-state index contributed by atoms with van der Waals surface area (Å²) in [5.41, 5.74) is 10.3. The zero-order chi connectivity index (χ0) is 11.0. The van der Waals surface area contributed by atoms with Crippen LogP contribution in [-0.2, 0) is 0 Å². The smallest absolute Gasteiger partial charge is 0.0968 e. The lowest BCUT2D eigenvalue weighted by atomic mass is 10.1. The van der Waals surface area contributed by atoms with Crippen molar-refractivity contribution in [1.29, 1.82) is 0 Å². The van der Waals surface area contributed by atoms with Crippen molar-refractivity contribution in [3.05, 3.63) is 34.5 Å². The molecule has 0 aliphatic rings. The fourth-order valence-corrected chi connectivity index (χ4v) is 1.68.